The molecule has 102 valence electrons. The van der Waals surface area contributed by atoms with Crippen LogP contribution in [0.15, 0.2) is 6.07 Å². The van der Waals surface area contributed by atoms with Crippen LogP contribution in [-0.2, 0) is 0 Å². The Balaban J connectivity index is 2.20. The topological polar surface area (TPSA) is 49.8 Å². The van der Waals surface area contributed by atoms with E-state index < -0.39 is 0 Å². The van der Waals surface area contributed by atoms with Gasteiger partial charge in [0.05, 0.1) is 0 Å². The second kappa shape index (κ2) is 9.03. The molecule has 0 amide bonds. The zero-order chi connectivity index (χ0) is 13.2. The quantitative estimate of drug-likeness (QED) is 0.674. The Labute approximate surface area is 114 Å². The van der Waals surface area contributed by atoms with Gasteiger partial charge in [-0.05, 0) is 31.8 Å². The average molecular weight is 268 g/mol. The summed E-state index contributed by atoms with van der Waals surface area (Å²) in [6.07, 6.45) is 7.31. The Morgan fingerprint density at radius 2 is 1.94 bits per heavy atom. The van der Waals surface area contributed by atoms with E-state index in [2.05, 4.69) is 26.9 Å². The van der Waals surface area contributed by atoms with Gasteiger partial charge in [0.15, 0.2) is 0 Å². The summed E-state index contributed by atoms with van der Waals surface area (Å²) >= 11 is 1.93. The highest BCUT2D eigenvalue weighted by Gasteiger charge is 1.99. The molecule has 0 unspecified atom stereocenters. The number of nitrogens with one attached hydrogen (secondary N) is 2. The number of aryl methyl sites for hydroxylation is 1. The number of thioether (sulfide) groups is 1. The van der Waals surface area contributed by atoms with Gasteiger partial charge < -0.3 is 10.6 Å². The highest BCUT2D eigenvalue weighted by molar-refractivity contribution is 7.98. The highest BCUT2D eigenvalue weighted by atomic mass is 32.2. The van der Waals surface area contributed by atoms with Gasteiger partial charge in [0, 0.05) is 25.4 Å². The molecule has 0 aromatic carbocycles. The molecule has 0 radical (unpaired) electrons. The van der Waals surface area contributed by atoms with E-state index in [1.165, 1.54) is 31.4 Å². The molecule has 1 aromatic heterocycles. The molecule has 0 aliphatic heterocycles. The van der Waals surface area contributed by atoms with Crippen molar-refractivity contribution in [3.8, 4) is 0 Å². The van der Waals surface area contributed by atoms with Crippen LogP contribution < -0.4 is 10.6 Å². The first kappa shape index (κ1) is 15.1. The standard InChI is InChI=1S/C13H24N4S/c1-11-10-12(17-13(14-2)16-11)15-8-6-4-5-7-9-18-3/h10H,4-9H2,1-3H3,(H2,14,15,16,17). The molecule has 0 fully saturated rings. The maximum Gasteiger partial charge on any atom is 0.224 e. The molecule has 0 saturated heterocycles. The minimum atomic E-state index is 0.678. The largest absolute Gasteiger partial charge is 0.370 e. The van der Waals surface area contributed by atoms with Crippen LogP contribution in [0.2, 0.25) is 0 Å². The lowest BCUT2D eigenvalue weighted by atomic mass is 10.2. The first-order chi connectivity index (χ1) is 8.76. The molecule has 18 heavy (non-hydrogen) atoms. The fraction of sp³-hybridized carbons (Fsp3) is 0.692. The summed E-state index contributed by atoms with van der Waals surface area (Å²) in [6.45, 7) is 2.97. The fourth-order valence-corrected chi connectivity index (χ4v) is 2.21. The van der Waals surface area contributed by atoms with E-state index in [1.807, 2.05) is 31.8 Å². The highest BCUT2D eigenvalue weighted by Crippen LogP contribution is 2.10. The first-order valence-corrected chi connectivity index (χ1v) is 7.92. The summed E-state index contributed by atoms with van der Waals surface area (Å²) in [4.78, 5) is 8.63. The molecule has 2 N–H and O–H groups in total. The Morgan fingerprint density at radius 3 is 2.67 bits per heavy atom. The van der Waals surface area contributed by atoms with Crippen LogP contribution in [0.5, 0.6) is 0 Å². The number of hydrogen-bond acceptors (Lipinski definition) is 5. The van der Waals surface area contributed by atoms with Crippen molar-refractivity contribution in [1.29, 1.82) is 0 Å². The van der Waals surface area contributed by atoms with Crippen LogP contribution in [-0.4, -0.2) is 35.6 Å². The molecular formula is C13H24N4S. The van der Waals surface area contributed by atoms with Gasteiger partial charge in [-0.25, -0.2) is 4.98 Å². The van der Waals surface area contributed by atoms with E-state index >= 15 is 0 Å². The number of aromatic nitrogens is 2. The van der Waals surface area contributed by atoms with E-state index in [-0.39, 0.29) is 0 Å². The van der Waals surface area contributed by atoms with Crippen LogP contribution in [0.1, 0.15) is 31.4 Å². The Bertz CT molecular complexity index is 344. The summed E-state index contributed by atoms with van der Waals surface area (Å²) in [5, 5.41) is 6.32. The zero-order valence-electron chi connectivity index (χ0n) is 11.6. The van der Waals surface area contributed by atoms with Crippen molar-refractivity contribution < 1.29 is 0 Å². The Hall–Kier alpha value is -0.970. The molecule has 1 heterocycles. The third-order valence-electron chi connectivity index (χ3n) is 2.66. The molecule has 1 rings (SSSR count). The maximum absolute atomic E-state index is 4.36. The summed E-state index contributed by atoms with van der Waals surface area (Å²) in [5.74, 6) is 2.87. The molecule has 0 aliphatic carbocycles. The molecule has 0 bridgehead atoms. The normalized spacial score (nSPS) is 10.4. The average Bonchev–Trinajstić information content (AvgIpc) is 2.37. The number of hydrogen-bond donors (Lipinski definition) is 2. The molecule has 0 aliphatic rings. The van der Waals surface area contributed by atoms with Crippen LogP contribution in [0.3, 0.4) is 0 Å². The minimum Gasteiger partial charge on any atom is -0.370 e. The summed E-state index contributed by atoms with van der Waals surface area (Å²) in [6, 6.07) is 1.98. The van der Waals surface area contributed by atoms with Crippen molar-refractivity contribution in [3.63, 3.8) is 0 Å². The van der Waals surface area contributed by atoms with E-state index in [9.17, 15) is 0 Å². The summed E-state index contributed by atoms with van der Waals surface area (Å²) in [7, 11) is 1.84. The van der Waals surface area contributed by atoms with Crippen molar-refractivity contribution in [2.45, 2.75) is 32.6 Å². The molecular weight excluding hydrogens is 244 g/mol. The number of nitrogens with zero attached hydrogens (tertiary/aromatic N) is 2. The smallest absolute Gasteiger partial charge is 0.224 e. The van der Waals surface area contributed by atoms with E-state index in [4.69, 9.17) is 0 Å². The molecule has 0 atom stereocenters. The molecule has 4 nitrogen and oxygen atoms in total. The number of unbranched alkanes of at least 4 members (excludes halogenated alkanes) is 3. The predicted octanol–water partition coefficient (Wildman–Crippen LogP) is 3.16. The molecule has 5 heteroatoms. The molecule has 1 aromatic rings. The van der Waals surface area contributed by atoms with E-state index in [0.717, 1.165) is 18.1 Å². The van der Waals surface area contributed by atoms with E-state index in [1.54, 1.807) is 0 Å². The van der Waals surface area contributed by atoms with Gasteiger partial charge in [-0.15, -0.1) is 0 Å². The summed E-state index contributed by atoms with van der Waals surface area (Å²) < 4.78 is 0. The SMILES string of the molecule is CNc1nc(C)cc(NCCCCCCSC)n1. The summed E-state index contributed by atoms with van der Waals surface area (Å²) in [5.41, 5.74) is 0.983. The van der Waals surface area contributed by atoms with E-state index in [0.29, 0.717) is 5.95 Å². The van der Waals surface area contributed by atoms with Crippen molar-refractivity contribution >= 4 is 23.5 Å². The first-order valence-electron chi connectivity index (χ1n) is 6.52. The third kappa shape index (κ3) is 6.10. The van der Waals surface area contributed by atoms with Gasteiger partial charge in [0.25, 0.3) is 0 Å². The molecule has 0 saturated carbocycles. The van der Waals surface area contributed by atoms with Crippen molar-refractivity contribution in [2.24, 2.45) is 0 Å². The van der Waals surface area contributed by atoms with Crippen molar-refractivity contribution in [3.05, 3.63) is 11.8 Å². The lowest BCUT2D eigenvalue weighted by molar-refractivity contribution is 0.688. The second-order valence-electron chi connectivity index (χ2n) is 4.30. The van der Waals surface area contributed by atoms with Crippen LogP contribution in [0, 0.1) is 6.92 Å². The predicted molar refractivity (Wildman–Crippen MR) is 81.7 cm³/mol. The zero-order valence-corrected chi connectivity index (χ0v) is 12.4. The lowest BCUT2D eigenvalue weighted by Crippen LogP contribution is -2.06. The Morgan fingerprint density at radius 1 is 1.17 bits per heavy atom. The lowest BCUT2D eigenvalue weighted by Gasteiger charge is -2.08. The third-order valence-corrected chi connectivity index (χ3v) is 3.36. The van der Waals surface area contributed by atoms with Gasteiger partial charge in [-0.1, -0.05) is 12.8 Å². The maximum atomic E-state index is 4.36. The molecule has 0 spiro atoms. The van der Waals surface area contributed by atoms with Gasteiger partial charge in [-0.2, -0.15) is 16.7 Å². The fourth-order valence-electron chi connectivity index (χ4n) is 1.71. The minimum absolute atomic E-state index is 0.678. The number of rotatable bonds is 9. The van der Waals surface area contributed by atoms with Gasteiger partial charge in [-0.3, -0.25) is 0 Å². The monoisotopic (exact) mass is 268 g/mol. The van der Waals surface area contributed by atoms with Crippen LogP contribution >= 0.6 is 11.8 Å². The van der Waals surface area contributed by atoms with Crippen LogP contribution in [0.4, 0.5) is 11.8 Å². The van der Waals surface area contributed by atoms with Gasteiger partial charge >= 0.3 is 0 Å². The second-order valence-corrected chi connectivity index (χ2v) is 5.29. The van der Waals surface area contributed by atoms with Crippen molar-refractivity contribution in [2.75, 3.05) is 36.2 Å². The van der Waals surface area contributed by atoms with Crippen LogP contribution in [0.25, 0.3) is 0 Å². The van der Waals surface area contributed by atoms with Gasteiger partial charge in [0.2, 0.25) is 5.95 Å². The Kier molecular flexibility index (Phi) is 7.57. The van der Waals surface area contributed by atoms with Crippen molar-refractivity contribution in [1.82, 2.24) is 9.97 Å². The number of anilines is 2. The van der Waals surface area contributed by atoms with Gasteiger partial charge in [0.1, 0.15) is 5.82 Å².